The van der Waals surface area contributed by atoms with Gasteiger partial charge in [0.15, 0.2) is 5.65 Å². The highest BCUT2D eigenvalue weighted by molar-refractivity contribution is 9.10. The van der Waals surface area contributed by atoms with Crippen LogP contribution in [0, 0.1) is 0 Å². The van der Waals surface area contributed by atoms with Crippen LogP contribution in [0.4, 0.5) is 5.82 Å². The maximum atomic E-state index is 5.96. The summed E-state index contributed by atoms with van der Waals surface area (Å²) >= 11 is 9.32. The van der Waals surface area contributed by atoms with E-state index < -0.39 is 0 Å². The van der Waals surface area contributed by atoms with Gasteiger partial charge in [-0.25, -0.2) is 4.98 Å². The highest BCUT2D eigenvalue weighted by atomic mass is 79.9. The van der Waals surface area contributed by atoms with E-state index in [0.29, 0.717) is 22.3 Å². The Bertz CT molecular complexity index is 646. The molecule has 0 aliphatic rings. The maximum absolute atomic E-state index is 5.96. The summed E-state index contributed by atoms with van der Waals surface area (Å²) in [5.41, 5.74) is 1.31. The van der Waals surface area contributed by atoms with Gasteiger partial charge in [0.25, 0.3) is 0 Å². The van der Waals surface area contributed by atoms with Crippen LogP contribution in [0.2, 0.25) is 5.15 Å². The molecule has 0 unspecified atom stereocenters. The molecule has 5 nitrogen and oxygen atoms in total. The van der Waals surface area contributed by atoms with Gasteiger partial charge in [0.2, 0.25) is 0 Å². The molecule has 2 heterocycles. The molecule has 18 heavy (non-hydrogen) atoms. The van der Waals surface area contributed by atoms with Crippen molar-refractivity contribution in [3.05, 3.63) is 46.4 Å². The SMILES string of the molecule is C=C/C(=C\N=C)Nc1cc(Cl)nc2c(Br)cnn12. The number of allylic oxidation sites excluding steroid dienone is 1. The van der Waals surface area contributed by atoms with Crippen molar-refractivity contribution in [2.24, 2.45) is 4.99 Å². The second kappa shape index (κ2) is 5.32. The minimum Gasteiger partial charge on any atom is -0.339 e. The van der Waals surface area contributed by atoms with Crippen molar-refractivity contribution in [3.63, 3.8) is 0 Å². The molecule has 7 heteroatoms. The van der Waals surface area contributed by atoms with Gasteiger partial charge in [-0.15, -0.1) is 0 Å². The number of fused-ring (bicyclic) bond motifs is 1. The number of hydrogen-bond acceptors (Lipinski definition) is 4. The Balaban J connectivity index is 2.53. The lowest BCUT2D eigenvalue weighted by Crippen LogP contribution is -2.04. The van der Waals surface area contributed by atoms with E-state index >= 15 is 0 Å². The van der Waals surface area contributed by atoms with Crippen molar-refractivity contribution >= 4 is 45.7 Å². The van der Waals surface area contributed by atoms with E-state index in [1.54, 1.807) is 29.1 Å². The first-order valence-corrected chi connectivity index (χ1v) is 6.08. The van der Waals surface area contributed by atoms with E-state index in [9.17, 15) is 0 Å². The number of anilines is 1. The Morgan fingerprint density at radius 2 is 2.39 bits per heavy atom. The van der Waals surface area contributed by atoms with Gasteiger partial charge in [-0.05, 0) is 28.7 Å². The summed E-state index contributed by atoms with van der Waals surface area (Å²) < 4.78 is 2.38. The van der Waals surface area contributed by atoms with Gasteiger partial charge in [0, 0.05) is 12.3 Å². The van der Waals surface area contributed by atoms with Crippen molar-refractivity contribution in [1.82, 2.24) is 14.6 Å². The Morgan fingerprint density at radius 3 is 3.06 bits per heavy atom. The van der Waals surface area contributed by atoms with Crippen LogP contribution in [0.1, 0.15) is 0 Å². The fraction of sp³-hybridized carbons (Fsp3) is 0. The van der Waals surface area contributed by atoms with E-state index in [1.807, 2.05) is 0 Å². The van der Waals surface area contributed by atoms with Gasteiger partial charge in [0.05, 0.1) is 16.4 Å². The molecule has 92 valence electrons. The zero-order valence-corrected chi connectivity index (χ0v) is 11.6. The molecular weight excluding hydrogens is 318 g/mol. The predicted molar refractivity (Wildman–Crippen MR) is 77.1 cm³/mol. The van der Waals surface area contributed by atoms with Gasteiger partial charge in [-0.1, -0.05) is 18.2 Å². The summed E-state index contributed by atoms with van der Waals surface area (Å²) in [6.07, 6.45) is 4.81. The average molecular weight is 327 g/mol. The number of hydrogen-bond donors (Lipinski definition) is 1. The molecule has 0 amide bonds. The molecule has 0 bridgehead atoms. The summed E-state index contributed by atoms with van der Waals surface area (Å²) in [7, 11) is 0. The lowest BCUT2D eigenvalue weighted by atomic mass is 10.4. The average Bonchev–Trinajstić information content (AvgIpc) is 2.71. The third-order valence-corrected chi connectivity index (χ3v) is 2.87. The molecule has 0 atom stereocenters. The number of nitrogens with one attached hydrogen (secondary N) is 1. The molecule has 2 aromatic rings. The molecule has 0 aliphatic carbocycles. The van der Waals surface area contributed by atoms with Gasteiger partial charge < -0.3 is 5.32 Å². The van der Waals surface area contributed by atoms with Crippen LogP contribution in [0.5, 0.6) is 0 Å². The van der Waals surface area contributed by atoms with Gasteiger partial charge in [-0.3, -0.25) is 4.99 Å². The van der Waals surface area contributed by atoms with Gasteiger partial charge in [0.1, 0.15) is 11.0 Å². The van der Waals surface area contributed by atoms with Crippen LogP contribution in [0.25, 0.3) is 5.65 Å². The second-order valence-electron chi connectivity index (χ2n) is 3.29. The van der Waals surface area contributed by atoms with Crippen LogP contribution >= 0.6 is 27.5 Å². The summed E-state index contributed by atoms with van der Waals surface area (Å²) in [6.45, 7) is 7.07. The first kappa shape index (κ1) is 12.8. The summed E-state index contributed by atoms with van der Waals surface area (Å²) in [4.78, 5) is 7.85. The number of aromatic nitrogens is 3. The van der Waals surface area contributed by atoms with Crippen LogP contribution < -0.4 is 5.32 Å². The zero-order valence-electron chi connectivity index (χ0n) is 9.27. The smallest absolute Gasteiger partial charge is 0.173 e. The topological polar surface area (TPSA) is 54.6 Å². The highest BCUT2D eigenvalue weighted by Crippen LogP contribution is 2.23. The summed E-state index contributed by atoms with van der Waals surface area (Å²) in [5.74, 6) is 0.658. The Morgan fingerprint density at radius 1 is 1.61 bits per heavy atom. The molecule has 2 rings (SSSR count). The molecule has 0 spiro atoms. The molecule has 0 fully saturated rings. The van der Waals surface area contributed by atoms with Crippen LogP contribution in [-0.4, -0.2) is 21.3 Å². The molecular formula is C11H9BrClN5. The third kappa shape index (κ3) is 2.44. The van der Waals surface area contributed by atoms with Crippen molar-refractivity contribution in [2.75, 3.05) is 5.32 Å². The lowest BCUT2D eigenvalue weighted by molar-refractivity contribution is 0.944. The number of nitrogens with zero attached hydrogens (tertiary/aromatic N) is 4. The highest BCUT2D eigenvalue weighted by Gasteiger charge is 2.09. The summed E-state index contributed by atoms with van der Waals surface area (Å²) in [5, 5.41) is 7.64. The third-order valence-electron chi connectivity index (χ3n) is 2.12. The number of rotatable bonds is 4. The molecule has 0 aliphatic heterocycles. The second-order valence-corrected chi connectivity index (χ2v) is 4.53. The lowest BCUT2D eigenvalue weighted by Gasteiger charge is -2.08. The molecule has 0 radical (unpaired) electrons. The largest absolute Gasteiger partial charge is 0.339 e. The van der Waals surface area contributed by atoms with Crippen LogP contribution in [0.15, 0.2) is 46.3 Å². The maximum Gasteiger partial charge on any atom is 0.173 e. The van der Waals surface area contributed by atoms with Gasteiger partial charge in [-0.2, -0.15) is 9.61 Å². The normalized spacial score (nSPS) is 11.6. The predicted octanol–water partition coefficient (Wildman–Crippen LogP) is 3.29. The standard InChI is InChI=1S/C11H9BrClN5/c1-3-7(5-14-2)16-10-4-9(13)17-11-8(12)6-15-18(10)11/h3-6,16H,1-2H2/b7-5+. The molecule has 1 N–H and O–H groups in total. The van der Waals surface area contributed by atoms with Crippen LogP contribution in [0.3, 0.4) is 0 Å². The van der Waals surface area contributed by atoms with Crippen molar-refractivity contribution in [3.8, 4) is 0 Å². The quantitative estimate of drug-likeness (QED) is 0.533. The molecule has 2 aromatic heterocycles. The fourth-order valence-electron chi connectivity index (χ4n) is 1.38. The van der Waals surface area contributed by atoms with E-state index in [4.69, 9.17) is 11.6 Å². The molecule has 0 saturated heterocycles. The van der Waals surface area contributed by atoms with Crippen molar-refractivity contribution in [2.45, 2.75) is 0 Å². The summed E-state index contributed by atoms with van der Waals surface area (Å²) in [6, 6.07) is 1.66. The minimum atomic E-state index is 0.362. The number of halogens is 2. The van der Waals surface area contributed by atoms with E-state index in [-0.39, 0.29) is 0 Å². The van der Waals surface area contributed by atoms with Gasteiger partial charge >= 0.3 is 0 Å². The fourth-order valence-corrected chi connectivity index (χ4v) is 1.91. The zero-order chi connectivity index (χ0) is 13.1. The number of aliphatic imine (C=N–C) groups is 1. The van der Waals surface area contributed by atoms with E-state index in [0.717, 1.165) is 4.47 Å². The van der Waals surface area contributed by atoms with Crippen LogP contribution in [-0.2, 0) is 0 Å². The van der Waals surface area contributed by atoms with E-state index in [2.05, 4.69) is 49.6 Å². The van der Waals surface area contributed by atoms with E-state index in [1.165, 1.54) is 0 Å². The Kier molecular flexibility index (Phi) is 3.78. The molecule has 0 saturated carbocycles. The van der Waals surface area contributed by atoms with Crippen molar-refractivity contribution in [1.29, 1.82) is 0 Å². The first-order valence-electron chi connectivity index (χ1n) is 4.91. The first-order chi connectivity index (χ1) is 8.65. The Hall–Kier alpha value is -1.66. The van der Waals surface area contributed by atoms with Crippen molar-refractivity contribution < 1.29 is 0 Å². The monoisotopic (exact) mass is 325 g/mol. The Labute approximate surface area is 117 Å². The molecule has 0 aromatic carbocycles. The minimum absolute atomic E-state index is 0.362.